The Morgan fingerprint density at radius 3 is 2.22 bits per heavy atom. The van der Waals surface area contributed by atoms with Gasteiger partial charge in [-0.25, -0.2) is 9.00 Å². The molecular formula is C18H29O8S-. The number of carbonyl (C=O) groups is 2. The second kappa shape index (κ2) is 8.45. The van der Waals surface area contributed by atoms with Crippen LogP contribution in [0, 0.1) is 22.7 Å². The number of ether oxygens (including phenoxy) is 3. The molecule has 0 aromatic carbocycles. The van der Waals surface area contributed by atoms with Gasteiger partial charge in [-0.05, 0) is 44.4 Å². The van der Waals surface area contributed by atoms with Crippen molar-refractivity contribution in [1.29, 1.82) is 0 Å². The summed E-state index contributed by atoms with van der Waals surface area (Å²) in [5.74, 6) is -0.356. The molecule has 9 heteroatoms. The molecule has 2 saturated carbocycles. The van der Waals surface area contributed by atoms with Crippen molar-refractivity contribution in [2.45, 2.75) is 66.1 Å². The van der Waals surface area contributed by atoms with E-state index >= 15 is 0 Å². The first-order chi connectivity index (χ1) is 12.5. The van der Waals surface area contributed by atoms with Crippen molar-refractivity contribution in [3.05, 3.63) is 0 Å². The summed E-state index contributed by atoms with van der Waals surface area (Å²) < 4.78 is 42.5. The van der Waals surface area contributed by atoms with Gasteiger partial charge in [-0.3, -0.25) is 8.98 Å². The van der Waals surface area contributed by atoms with Gasteiger partial charge in [0.05, 0.1) is 16.8 Å². The third kappa shape index (κ3) is 4.81. The summed E-state index contributed by atoms with van der Waals surface area (Å²) in [6, 6.07) is 0. The second-order valence-corrected chi connectivity index (χ2v) is 9.03. The van der Waals surface area contributed by atoms with Crippen molar-refractivity contribution in [3.8, 4) is 0 Å². The number of fused-ring (bicyclic) bond motifs is 2. The summed E-state index contributed by atoms with van der Waals surface area (Å²) in [5.41, 5.74) is -0.774. The zero-order chi connectivity index (χ0) is 20.4. The molecule has 2 fully saturated rings. The van der Waals surface area contributed by atoms with Gasteiger partial charge in [0.15, 0.2) is 0 Å². The quantitative estimate of drug-likeness (QED) is 0.344. The van der Waals surface area contributed by atoms with Crippen LogP contribution >= 0.6 is 0 Å². The SMILES string of the molecule is CCC(C)(C)C(=O)OCCOC(=O)OC1C(OS(=O)[O-])C2CCC1C2(C)C. The van der Waals surface area contributed by atoms with Crippen molar-refractivity contribution in [1.82, 2.24) is 0 Å². The number of hydrogen-bond donors (Lipinski definition) is 0. The maximum Gasteiger partial charge on any atom is 0.508 e. The van der Waals surface area contributed by atoms with Gasteiger partial charge in [0.2, 0.25) is 0 Å². The van der Waals surface area contributed by atoms with Crippen LogP contribution in [-0.4, -0.2) is 46.3 Å². The van der Waals surface area contributed by atoms with E-state index in [2.05, 4.69) is 0 Å². The highest BCUT2D eigenvalue weighted by Crippen LogP contribution is 2.59. The summed E-state index contributed by atoms with van der Waals surface area (Å²) in [6.45, 7) is 9.31. The highest BCUT2D eigenvalue weighted by Gasteiger charge is 2.62. The van der Waals surface area contributed by atoms with Gasteiger partial charge in [0, 0.05) is 5.92 Å². The molecule has 2 aliphatic rings. The molecule has 0 saturated heterocycles. The number of rotatable bonds is 8. The fourth-order valence-electron chi connectivity index (χ4n) is 4.12. The maximum absolute atomic E-state index is 12.0. The Labute approximate surface area is 162 Å². The first kappa shape index (κ1) is 22.1. The Bertz CT molecular complexity index is 588. The van der Waals surface area contributed by atoms with Crippen LogP contribution in [0.5, 0.6) is 0 Å². The van der Waals surface area contributed by atoms with E-state index in [1.54, 1.807) is 13.8 Å². The van der Waals surface area contributed by atoms with Crippen LogP contribution < -0.4 is 0 Å². The Balaban J connectivity index is 1.84. The lowest BCUT2D eigenvalue weighted by atomic mass is 9.82. The van der Waals surface area contributed by atoms with Crippen LogP contribution in [0.25, 0.3) is 0 Å². The van der Waals surface area contributed by atoms with Gasteiger partial charge in [0.25, 0.3) is 0 Å². The highest BCUT2D eigenvalue weighted by molar-refractivity contribution is 7.74. The molecule has 2 bridgehead atoms. The van der Waals surface area contributed by atoms with E-state index < -0.39 is 35.1 Å². The van der Waals surface area contributed by atoms with Crippen molar-refractivity contribution in [2.75, 3.05) is 13.2 Å². The Morgan fingerprint density at radius 2 is 1.67 bits per heavy atom. The molecule has 0 aliphatic heterocycles. The normalized spacial score (nSPS) is 30.0. The first-order valence-corrected chi connectivity index (χ1v) is 10.3. The third-order valence-electron chi connectivity index (χ3n) is 6.21. The van der Waals surface area contributed by atoms with E-state index in [1.807, 2.05) is 20.8 Å². The van der Waals surface area contributed by atoms with Gasteiger partial charge in [-0.15, -0.1) is 0 Å². The van der Waals surface area contributed by atoms with E-state index in [4.69, 9.17) is 18.4 Å². The number of hydrogen-bond acceptors (Lipinski definition) is 8. The molecular weight excluding hydrogens is 376 g/mol. The van der Waals surface area contributed by atoms with Crippen molar-refractivity contribution >= 4 is 23.5 Å². The topological polar surface area (TPSA) is 111 Å². The van der Waals surface area contributed by atoms with Gasteiger partial charge in [-0.2, -0.15) is 0 Å². The molecule has 2 rings (SSSR count). The minimum absolute atomic E-state index is 0.00423. The lowest BCUT2D eigenvalue weighted by Crippen LogP contribution is -2.39. The fraction of sp³-hybridized carbons (Fsp3) is 0.889. The molecule has 2 aliphatic carbocycles. The van der Waals surface area contributed by atoms with Crippen LogP contribution in [0.15, 0.2) is 0 Å². The third-order valence-corrected chi connectivity index (χ3v) is 6.59. The van der Waals surface area contributed by atoms with E-state index in [-0.39, 0.29) is 36.4 Å². The predicted molar refractivity (Wildman–Crippen MR) is 95.0 cm³/mol. The molecule has 0 spiro atoms. The zero-order valence-electron chi connectivity index (χ0n) is 16.5. The Morgan fingerprint density at radius 1 is 1.11 bits per heavy atom. The van der Waals surface area contributed by atoms with Crippen molar-refractivity contribution < 1.29 is 36.7 Å². The molecule has 5 unspecified atom stereocenters. The molecule has 0 amide bonds. The Kier molecular flexibility index (Phi) is 6.91. The van der Waals surface area contributed by atoms with E-state index in [9.17, 15) is 18.4 Å². The van der Waals surface area contributed by atoms with Crippen LogP contribution in [-0.2, 0) is 34.5 Å². The molecule has 5 atom stereocenters. The largest absolute Gasteiger partial charge is 0.750 e. The highest BCUT2D eigenvalue weighted by atomic mass is 32.2. The van der Waals surface area contributed by atoms with E-state index in [0.717, 1.165) is 12.8 Å². The summed E-state index contributed by atoms with van der Waals surface area (Å²) in [4.78, 5) is 23.9. The maximum atomic E-state index is 12.0. The van der Waals surface area contributed by atoms with E-state index in [0.29, 0.717) is 6.42 Å². The molecule has 0 aromatic rings. The van der Waals surface area contributed by atoms with Crippen LogP contribution in [0.2, 0.25) is 0 Å². The number of carbonyl (C=O) groups excluding carboxylic acids is 2. The summed E-state index contributed by atoms with van der Waals surface area (Å²) in [7, 11) is 0. The van der Waals surface area contributed by atoms with Gasteiger partial charge in [0.1, 0.15) is 25.4 Å². The predicted octanol–water partition coefficient (Wildman–Crippen LogP) is 2.73. The summed E-state index contributed by atoms with van der Waals surface area (Å²) in [5, 5.41) is 0. The summed E-state index contributed by atoms with van der Waals surface area (Å²) >= 11 is -2.69. The standard InChI is InChI=1S/C18H30O8S/c1-6-17(2,3)15(19)23-9-10-24-16(20)25-13-11-7-8-12(18(11,4)5)14(13)26-27(21)22/h11-14H,6-10H2,1-5H3,(H,21,22)/p-1. The molecule has 0 N–H and O–H groups in total. The van der Waals surface area contributed by atoms with Crippen LogP contribution in [0.3, 0.4) is 0 Å². The average Bonchev–Trinajstić information content (AvgIpc) is 2.97. The molecule has 0 heterocycles. The smallest absolute Gasteiger partial charge is 0.508 e. The lowest BCUT2D eigenvalue weighted by Gasteiger charge is -2.30. The molecule has 8 nitrogen and oxygen atoms in total. The minimum atomic E-state index is -2.69. The fourth-order valence-corrected chi connectivity index (χ4v) is 4.54. The van der Waals surface area contributed by atoms with Gasteiger partial charge >= 0.3 is 12.1 Å². The molecule has 27 heavy (non-hydrogen) atoms. The number of esters is 1. The van der Waals surface area contributed by atoms with Gasteiger partial charge in [-0.1, -0.05) is 20.8 Å². The van der Waals surface area contributed by atoms with Gasteiger partial charge < -0.3 is 18.8 Å². The van der Waals surface area contributed by atoms with Crippen LogP contribution in [0.4, 0.5) is 4.79 Å². The summed E-state index contributed by atoms with van der Waals surface area (Å²) in [6.07, 6.45) is 0.0115. The lowest BCUT2D eigenvalue weighted by molar-refractivity contribution is -0.155. The van der Waals surface area contributed by atoms with Crippen molar-refractivity contribution in [3.63, 3.8) is 0 Å². The average molecular weight is 405 g/mol. The minimum Gasteiger partial charge on any atom is -0.750 e. The Hall–Kier alpha value is -1.19. The first-order valence-electron chi connectivity index (χ1n) is 9.27. The van der Waals surface area contributed by atoms with Crippen molar-refractivity contribution in [2.24, 2.45) is 22.7 Å². The zero-order valence-corrected chi connectivity index (χ0v) is 17.3. The van der Waals surface area contributed by atoms with Crippen LogP contribution in [0.1, 0.15) is 53.9 Å². The molecule has 156 valence electrons. The molecule has 0 aromatic heterocycles. The second-order valence-electron chi connectivity index (χ2n) is 8.43. The van der Waals surface area contributed by atoms with E-state index in [1.165, 1.54) is 0 Å². The monoisotopic (exact) mass is 405 g/mol. The molecule has 0 radical (unpaired) electrons.